The number of carbonyl (C=O) groups is 2. The van der Waals surface area contributed by atoms with Crippen LogP contribution in [0.5, 0.6) is 0 Å². The summed E-state index contributed by atoms with van der Waals surface area (Å²) in [6.45, 7) is 4.33. The lowest BCUT2D eigenvalue weighted by molar-refractivity contribution is 0.0979. The number of hydrogen-bond donors (Lipinski definition) is 0. The monoisotopic (exact) mass is 290 g/mol. The molecule has 0 atom stereocenters. The summed E-state index contributed by atoms with van der Waals surface area (Å²) < 4.78 is 0. The van der Waals surface area contributed by atoms with E-state index >= 15 is 0 Å². The third-order valence-electron chi connectivity index (χ3n) is 3.87. The van der Waals surface area contributed by atoms with Crippen LogP contribution < -0.4 is 0 Å². The minimum Gasteiger partial charge on any atom is -0.289 e. The molecule has 1 aliphatic carbocycles. The topological polar surface area (TPSA) is 34.1 Å². The van der Waals surface area contributed by atoms with Gasteiger partial charge in [0.15, 0.2) is 11.6 Å². The predicted octanol–water partition coefficient (Wildman–Crippen LogP) is 4.52. The minimum atomic E-state index is -0.0667. The van der Waals surface area contributed by atoms with Crippen LogP contribution in [0.15, 0.2) is 48.5 Å². The maximum Gasteiger partial charge on any atom is 0.194 e. The van der Waals surface area contributed by atoms with Crippen LogP contribution in [0.4, 0.5) is 0 Å². The standard InChI is InChI=1S/C20H18O2/c1-13(2)6-5-7-14-10-11-17-18(12-14)20(22)16-9-4-3-8-15(16)19(17)21/h3-5,7-13H,6H2,1-2H3. The van der Waals surface area contributed by atoms with Crippen LogP contribution in [0.3, 0.4) is 0 Å². The molecule has 0 bridgehead atoms. The van der Waals surface area contributed by atoms with Gasteiger partial charge in [-0.05, 0) is 30.0 Å². The van der Waals surface area contributed by atoms with Gasteiger partial charge in [0.25, 0.3) is 0 Å². The van der Waals surface area contributed by atoms with Gasteiger partial charge in [0.05, 0.1) is 0 Å². The lowest BCUT2D eigenvalue weighted by Crippen LogP contribution is -2.20. The second-order valence-electron chi connectivity index (χ2n) is 6.04. The number of ketones is 2. The molecular weight excluding hydrogens is 272 g/mol. The number of fused-ring (bicyclic) bond motifs is 2. The van der Waals surface area contributed by atoms with Gasteiger partial charge in [0.2, 0.25) is 0 Å². The highest BCUT2D eigenvalue weighted by Gasteiger charge is 2.28. The first kappa shape index (κ1) is 14.5. The fraction of sp³-hybridized carbons (Fsp3) is 0.200. The fourth-order valence-electron chi connectivity index (χ4n) is 2.70. The molecule has 0 aliphatic heterocycles. The normalized spacial score (nSPS) is 13.6. The Labute approximate surface area is 130 Å². The molecule has 2 nitrogen and oxygen atoms in total. The Hall–Kier alpha value is -2.48. The Bertz CT molecular complexity index is 782. The SMILES string of the molecule is CC(C)CC=Cc1ccc2c(c1)C(=O)c1ccccc1C2=O. The second-order valence-corrected chi connectivity index (χ2v) is 6.04. The molecule has 0 unspecified atom stereocenters. The molecule has 2 aromatic rings. The minimum absolute atomic E-state index is 0.0655. The van der Waals surface area contributed by atoms with Crippen molar-refractivity contribution < 1.29 is 9.59 Å². The van der Waals surface area contributed by atoms with Gasteiger partial charge in [-0.3, -0.25) is 9.59 Å². The van der Waals surface area contributed by atoms with Gasteiger partial charge in [-0.1, -0.05) is 56.3 Å². The molecule has 0 heterocycles. The number of benzene rings is 2. The molecule has 0 radical (unpaired) electrons. The van der Waals surface area contributed by atoms with Gasteiger partial charge in [0, 0.05) is 22.3 Å². The van der Waals surface area contributed by atoms with Crippen LogP contribution in [0, 0.1) is 5.92 Å². The Morgan fingerprint density at radius 3 is 2.09 bits per heavy atom. The molecule has 110 valence electrons. The van der Waals surface area contributed by atoms with E-state index < -0.39 is 0 Å². The van der Waals surface area contributed by atoms with Gasteiger partial charge in [0.1, 0.15) is 0 Å². The van der Waals surface area contributed by atoms with Crippen molar-refractivity contribution in [3.63, 3.8) is 0 Å². The molecule has 0 spiro atoms. The van der Waals surface area contributed by atoms with Crippen LogP contribution in [0.1, 0.15) is 57.7 Å². The van der Waals surface area contributed by atoms with E-state index in [1.165, 1.54) is 0 Å². The van der Waals surface area contributed by atoms with Gasteiger partial charge in [-0.2, -0.15) is 0 Å². The van der Waals surface area contributed by atoms with Gasteiger partial charge < -0.3 is 0 Å². The maximum absolute atomic E-state index is 12.6. The molecule has 22 heavy (non-hydrogen) atoms. The molecule has 0 saturated carbocycles. The number of hydrogen-bond acceptors (Lipinski definition) is 2. The van der Waals surface area contributed by atoms with Crippen LogP contribution in [0.25, 0.3) is 6.08 Å². The fourth-order valence-corrected chi connectivity index (χ4v) is 2.70. The third kappa shape index (κ3) is 2.52. The van der Waals surface area contributed by atoms with Crippen LogP contribution in [0.2, 0.25) is 0 Å². The molecule has 1 aliphatic rings. The smallest absolute Gasteiger partial charge is 0.194 e. The highest BCUT2D eigenvalue weighted by molar-refractivity contribution is 6.28. The van der Waals surface area contributed by atoms with Crippen molar-refractivity contribution in [1.29, 1.82) is 0 Å². The largest absolute Gasteiger partial charge is 0.289 e. The Balaban J connectivity index is 2.01. The van der Waals surface area contributed by atoms with E-state index in [1.807, 2.05) is 18.2 Å². The van der Waals surface area contributed by atoms with Crippen molar-refractivity contribution in [2.24, 2.45) is 5.92 Å². The van der Waals surface area contributed by atoms with Crippen molar-refractivity contribution in [2.75, 3.05) is 0 Å². The van der Waals surface area contributed by atoms with Crippen LogP contribution in [-0.4, -0.2) is 11.6 Å². The van der Waals surface area contributed by atoms with E-state index in [2.05, 4.69) is 19.9 Å². The van der Waals surface area contributed by atoms with Crippen molar-refractivity contribution in [1.82, 2.24) is 0 Å². The zero-order valence-electron chi connectivity index (χ0n) is 12.8. The first-order valence-corrected chi connectivity index (χ1v) is 7.57. The van der Waals surface area contributed by atoms with E-state index in [0.29, 0.717) is 28.2 Å². The van der Waals surface area contributed by atoms with E-state index in [4.69, 9.17) is 0 Å². The number of carbonyl (C=O) groups excluding carboxylic acids is 2. The lowest BCUT2D eigenvalue weighted by Gasteiger charge is -2.17. The Morgan fingerprint density at radius 1 is 0.864 bits per heavy atom. The Kier molecular flexibility index (Phi) is 3.76. The summed E-state index contributed by atoms with van der Waals surface area (Å²) in [4.78, 5) is 25.1. The van der Waals surface area contributed by atoms with Crippen molar-refractivity contribution in [3.8, 4) is 0 Å². The summed E-state index contributed by atoms with van der Waals surface area (Å²) in [5, 5.41) is 0. The lowest BCUT2D eigenvalue weighted by atomic mass is 9.83. The first-order chi connectivity index (χ1) is 10.6. The summed E-state index contributed by atoms with van der Waals surface area (Å²) >= 11 is 0. The molecule has 2 heteroatoms. The summed E-state index contributed by atoms with van der Waals surface area (Å²) in [6, 6.07) is 12.5. The maximum atomic E-state index is 12.6. The zero-order valence-corrected chi connectivity index (χ0v) is 12.8. The van der Waals surface area contributed by atoms with Crippen molar-refractivity contribution in [2.45, 2.75) is 20.3 Å². The zero-order chi connectivity index (χ0) is 15.7. The van der Waals surface area contributed by atoms with E-state index in [0.717, 1.165) is 12.0 Å². The third-order valence-corrected chi connectivity index (χ3v) is 3.87. The second kappa shape index (κ2) is 5.72. The average Bonchev–Trinajstić information content (AvgIpc) is 2.52. The van der Waals surface area contributed by atoms with Gasteiger partial charge >= 0.3 is 0 Å². The molecule has 0 saturated heterocycles. The Morgan fingerprint density at radius 2 is 1.45 bits per heavy atom. The van der Waals surface area contributed by atoms with Crippen LogP contribution >= 0.6 is 0 Å². The quantitative estimate of drug-likeness (QED) is 0.710. The highest BCUT2D eigenvalue weighted by atomic mass is 16.1. The predicted molar refractivity (Wildman–Crippen MR) is 88.2 cm³/mol. The van der Waals surface area contributed by atoms with Gasteiger partial charge in [-0.25, -0.2) is 0 Å². The molecular formula is C20H18O2. The molecule has 0 amide bonds. The highest BCUT2D eigenvalue weighted by Crippen LogP contribution is 2.28. The summed E-state index contributed by atoms with van der Waals surface area (Å²) in [7, 11) is 0. The average molecular weight is 290 g/mol. The molecule has 0 aromatic heterocycles. The molecule has 3 rings (SSSR count). The number of allylic oxidation sites excluding steroid dienone is 1. The number of rotatable bonds is 3. The van der Waals surface area contributed by atoms with E-state index in [9.17, 15) is 9.59 Å². The van der Waals surface area contributed by atoms with E-state index in [-0.39, 0.29) is 11.6 Å². The summed E-state index contributed by atoms with van der Waals surface area (Å²) in [6.07, 6.45) is 5.11. The van der Waals surface area contributed by atoms with Gasteiger partial charge in [-0.15, -0.1) is 0 Å². The molecule has 0 fully saturated rings. The first-order valence-electron chi connectivity index (χ1n) is 7.57. The summed E-state index contributed by atoms with van der Waals surface area (Å²) in [5.41, 5.74) is 2.98. The van der Waals surface area contributed by atoms with E-state index in [1.54, 1.807) is 30.3 Å². The molecule has 0 N–H and O–H groups in total. The summed E-state index contributed by atoms with van der Waals surface area (Å²) in [5.74, 6) is 0.469. The van der Waals surface area contributed by atoms with Crippen molar-refractivity contribution >= 4 is 17.6 Å². The van der Waals surface area contributed by atoms with Crippen molar-refractivity contribution in [3.05, 3.63) is 76.4 Å². The molecule has 2 aromatic carbocycles. The van der Waals surface area contributed by atoms with Crippen LogP contribution in [-0.2, 0) is 0 Å².